The van der Waals surface area contributed by atoms with Gasteiger partial charge in [0.1, 0.15) is 0 Å². The van der Waals surface area contributed by atoms with Gasteiger partial charge in [-0.3, -0.25) is 9.59 Å². The third-order valence-electron chi connectivity index (χ3n) is 2.52. The minimum Gasteiger partial charge on any atom is -0.326 e. The van der Waals surface area contributed by atoms with E-state index in [9.17, 15) is 9.59 Å². The van der Waals surface area contributed by atoms with Gasteiger partial charge in [0.15, 0.2) is 0 Å². The SMILES string of the molecule is CCC(=O)Nc1cccc(NC(=O)CC)c1C. The van der Waals surface area contributed by atoms with Crippen LogP contribution in [0.3, 0.4) is 0 Å². The fourth-order valence-electron chi connectivity index (χ4n) is 1.38. The largest absolute Gasteiger partial charge is 0.326 e. The lowest BCUT2D eigenvalue weighted by Crippen LogP contribution is -2.14. The van der Waals surface area contributed by atoms with Crippen LogP contribution >= 0.6 is 0 Å². The monoisotopic (exact) mass is 234 g/mol. The van der Waals surface area contributed by atoms with E-state index in [2.05, 4.69) is 10.6 Å². The summed E-state index contributed by atoms with van der Waals surface area (Å²) in [6, 6.07) is 5.46. The molecule has 1 aromatic carbocycles. The molecular formula is C13H18N2O2. The van der Waals surface area contributed by atoms with Crippen molar-refractivity contribution in [3.8, 4) is 0 Å². The Balaban J connectivity index is 2.91. The summed E-state index contributed by atoms with van der Waals surface area (Å²) in [5, 5.41) is 5.60. The number of hydrogen-bond acceptors (Lipinski definition) is 2. The molecule has 0 heterocycles. The Labute approximate surface area is 101 Å². The number of carbonyl (C=O) groups is 2. The highest BCUT2D eigenvalue weighted by atomic mass is 16.2. The molecule has 2 N–H and O–H groups in total. The van der Waals surface area contributed by atoms with Crippen molar-refractivity contribution < 1.29 is 9.59 Å². The Morgan fingerprint density at radius 2 is 1.41 bits per heavy atom. The van der Waals surface area contributed by atoms with Crippen molar-refractivity contribution in [1.29, 1.82) is 0 Å². The summed E-state index contributed by atoms with van der Waals surface area (Å²) in [7, 11) is 0. The quantitative estimate of drug-likeness (QED) is 0.841. The van der Waals surface area contributed by atoms with Crippen molar-refractivity contribution >= 4 is 23.2 Å². The number of amides is 2. The maximum Gasteiger partial charge on any atom is 0.224 e. The molecule has 0 fully saturated rings. The highest BCUT2D eigenvalue weighted by Gasteiger charge is 2.07. The lowest BCUT2D eigenvalue weighted by Gasteiger charge is -2.12. The van der Waals surface area contributed by atoms with Crippen LogP contribution in [0, 0.1) is 6.92 Å². The maximum atomic E-state index is 11.3. The zero-order valence-corrected chi connectivity index (χ0v) is 10.5. The van der Waals surface area contributed by atoms with Gasteiger partial charge in [-0.05, 0) is 24.6 Å². The molecule has 0 bridgehead atoms. The minimum absolute atomic E-state index is 0.0351. The summed E-state index contributed by atoms with van der Waals surface area (Å²) in [5.74, 6) is -0.0702. The number of nitrogens with one attached hydrogen (secondary N) is 2. The minimum atomic E-state index is -0.0351. The predicted octanol–water partition coefficient (Wildman–Crippen LogP) is 2.69. The van der Waals surface area contributed by atoms with Gasteiger partial charge in [0.25, 0.3) is 0 Å². The molecule has 92 valence electrons. The summed E-state index contributed by atoms with van der Waals surface area (Å²) < 4.78 is 0. The topological polar surface area (TPSA) is 58.2 Å². The van der Waals surface area contributed by atoms with Crippen LogP contribution in [0.15, 0.2) is 18.2 Å². The Morgan fingerprint density at radius 1 is 1.00 bits per heavy atom. The van der Waals surface area contributed by atoms with Gasteiger partial charge in [0, 0.05) is 24.2 Å². The molecule has 0 spiro atoms. The van der Waals surface area contributed by atoms with Gasteiger partial charge in [-0.2, -0.15) is 0 Å². The molecule has 0 aliphatic rings. The number of benzene rings is 1. The number of anilines is 2. The Morgan fingerprint density at radius 3 is 1.76 bits per heavy atom. The van der Waals surface area contributed by atoms with Crippen LogP contribution in [0.2, 0.25) is 0 Å². The van der Waals surface area contributed by atoms with Crippen LogP contribution in [-0.2, 0) is 9.59 Å². The van der Waals surface area contributed by atoms with Gasteiger partial charge < -0.3 is 10.6 Å². The van der Waals surface area contributed by atoms with E-state index in [1.54, 1.807) is 13.8 Å². The first-order valence-electron chi connectivity index (χ1n) is 5.77. The van der Waals surface area contributed by atoms with Crippen molar-refractivity contribution in [2.75, 3.05) is 10.6 Å². The molecule has 2 amide bonds. The molecule has 4 heteroatoms. The Kier molecular flexibility index (Phi) is 4.69. The zero-order valence-electron chi connectivity index (χ0n) is 10.5. The average Bonchev–Trinajstić information content (AvgIpc) is 2.33. The summed E-state index contributed by atoms with van der Waals surface area (Å²) in [4.78, 5) is 22.6. The smallest absolute Gasteiger partial charge is 0.224 e. The van der Waals surface area contributed by atoms with Crippen LogP contribution < -0.4 is 10.6 Å². The van der Waals surface area contributed by atoms with Crippen molar-refractivity contribution in [2.45, 2.75) is 33.6 Å². The molecule has 1 aromatic rings. The molecule has 17 heavy (non-hydrogen) atoms. The zero-order chi connectivity index (χ0) is 12.8. The maximum absolute atomic E-state index is 11.3. The third kappa shape index (κ3) is 3.59. The van der Waals surface area contributed by atoms with Crippen molar-refractivity contribution in [3.63, 3.8) is 0 Å². The Bertz CT molecular complexity index is 391. The first kappa shape index (κ1) is 13.2. The fraction of sp³-hybridized carbons (Fsp3) is 0.385. The second-order valence-electron chi connectivity index (χ2n) is 3.78. The Hall–Kier alpha value is -1.84. The van der Waals surface area contributed by atoms with E-state index < -0.39 is 0 Å². The predicted molar refractivity (Wildman–Crippen MR) is 69.0 cm³/mol. The molecule has 0 aromatic heterocycles. The molecule has 0 atom stereocenters. The van der Waals surface area contributed by atoms with E-state index >= 15 is 0 Å². The second-order valence-corrected chi connectivity index (χ2v) is 3.78. The number of rotatable bonds is 4. The van der Waals surface area contributed by atoms with Crippen LogP contribution in [0.4, 0.5) is 11.4 Å². The normalized spacial score (nSPS) is 9.82. The summed E-state index contributed by atoms with van der Waals surface area (Å²) >= 11 is 0. The highest BCUT2D eigenvalue weighted by molar-refractivity contribution is 5.95. The second kappa shape index (κ2) is 6.03. The van der Waals surface area contributed by atoms with Crippen LogP contribution in [0.5, 0.6) is 0 Å². The molecule has 0 saturated heterocycles. The van der Waals surface area contributed by atoms with Crippen LogP contribution in [0.1, 0.15) is 32.3 Å². The summed E-state index contributed by atoms with van der Waals surface area (Å²) in [6.07, 6.45) is 0.871. The van der Waals surface area contributed by atoms with Gasteiger partial charge >= 0.3 is 0 Å². The lowest BCUT2D eigenvalue weighted by molar-refractivity contribution is -0.116. The van der Waals surface area contributed by atoms with Gasteiger partial charge in [0.05, 0.1) is 0 Å². The van der Waals surface area contributed by atoms with E-state index in [-0.39, 0.29) is 11.8 Å². The molecule has 4 nitrogen and oxygen atoms in total. The van der Waals surface area contributed by atoms with Crippen LogP contribution in [-0.4, -0.2) is 11.8 Å². The first-order valence-corrected chi connectivity index (χ1v) is 5.77. The third-order valence-corrected chi connectivity index (χ3v) is 2.52. The lowest BCUT2D eigenvalue weighted by atomic mass is 10.1. The van der Waals surface area contributed by atoms with E-state index in [0.717, 1.165) is 16.9 Å². The van der Waals surface area contributed by atoms with Gasteiger partial charge in [0.2, 0.25) is 11.8 Å². The summed E-state index contributed by atoms with van der Waals surface area (Å²) in [6.45, 7) is 5.47. The van der Waals surface area contributed by atoms with Crippen LogP contribution in [0.25, 0.3) is 0 Å². The van der Waals surface area contributed by atoms with Crippen molar-refractivity contribution in [3.05, 3.63) is 23.8 Å². The molecule has 0 unspecified atom stereocenters. The molecular weight excluding hydrogens is 216 g/mol. The molecule has 0 aliphatic carbocycles. The molecule has 0 radical (unpaired) electrons. The van der Waals surface area contributed by atoms with Gasteiger partial charge in [-0.1, -0.05) is 19.9 Å². The van der Waals surface area contributed by atoms with Gasteiger partial charge in [-0.25, -0.2) is 0 Å². The average molecular weight is 234 g/mol. The van der Waals surface area contributed by atoms with Crippen molar-refractivity contribution in [1.82, 2.24) is 0 Å². The number of carbonyl (C=O) groups excluding carboxylic acids is 2. The molecule has 1 rings (SSSR count). The van der Waals surface area contributed by atoms with E-state index in [1.807, 2.05) is 25.1 Å². The van der Waals surface area contributed by atoms with E-state index in [4.69, 9.17) is 0 Å². The standard InChI is InChI=1S/C13H18N2O2/c1-4-12(16)14-10-7-6-8-11(9(10)3)15-13(17)5-2/h6-8H,4-5H2,1-3H3,(H,14,16)(H,15,17). The van der Waals surface area contributed by atoms with Crippen molar-refractivity contribution in [2.24, 2.45) is 0 Å². The summed E-state index contributed by atoms with van der Waals surface area (Å²) in [5.41, 5.74) is 2.35. The number of hydrogen-bond donors (Lipinski definition) is 2. The fourth-order valence-corrected chi connectivity index (χ4v) is 1.38. The van der Waals surface area contributed by atoms with E-state index in [0.29, 0.717) is 12.8 Å². The molecule has 0 saturated carbocycles. The molecule has 0 aliphatic heterocycles. The highest BCUT2D eigenvalue weighted by Crippen LogP contribution is 2.23. The first-order chi connectivity index (χ1) is 8.08. The van der Waals surface area contributed by atoms with Gasteiger partial charge in [-0.15, -0.1) is 0 Å². The van der Waals surface area contributed by atoms with E-state index in [1.165, 1.54) is 0 Å².